The first-order valence-corrected chi connectivity index (χ1v) is 13.7. The quantitative estimate of drug-likeness (QED) is 0.516. The molecule has 7 heteroatoms. The molecular formula is C27H44N2O5. The van der Waals surface area contributed by atoms with Crippen LogP contribution in [-0.2, 0) is 6.42 Å². The van der Waals surface area contributed by atoms with E-state index in [9.17, 15) is 20.1 Å². The van der Waals surface area contributed by atoms with Gasteiger partial charge in [0.2, 0.25) is 0 Å². The monoisotopic (exact) mass is 476 g/mol. The second-order valence-electron chi connectivity index (χ2n) is 12.8. The van der Waals surface area contributed by atoms with Crippen LogP contribution in [0, 0.1) is 52.3 Å². The van der Waals surface area contributed by atoms with Crippen LogP contribution in [0.15, 0.2) is 9.32 Å². The van der Waals surface area contributed by atoms with E-state index in [0.29, 0.717) is 30.0 Å². The first-order chi connectivity index (χ1) is 16.1. The number of aliphatic hydroxyl groups excluding tert-OH is 3. The Kier molecular flexibility index (Phi) is 6.30. The number of aromatic amines is 1. The SMILES string of the molecule is CC[C@H]1[C@@H](O)[C@@H]2[C@H](CC[C@]3(C)[C@@H]([C@H](C)CCc4nc(=O)o[nH]4)[C@@H](O)C[C@@H]23)[C@@]2(C)CC[C@@H](O)C[C@@H]12. The van der Waals surface area contributed by atoms with E-state index in [1.54, 1.807) is 0 Å². The first-order valence-electron chi connectivity index (χ1n) is 13.7. The molecular weight excluding hydrogens is 432 g/mol. The molecule has 0 unspecified atom stereocenters. The van der Waals surface area contributed by atoms with Crippen molar-refractivity contribution >= 4 is 0 Å². The molecule has 12 atom stereocenters. The fourth-order valence-corrected chi connectivity index (χ4v) is 9.95. The Hall–Kier alpha value is -1.18. The summed E-state index contributed by atoms with van der Waals surface area (Å²) >= 11 is 0. The molecule has 0 radical (unpaired) electrons. The number of fused-ring (bicyclic) bond motifs is 5. The topological polar surface area (TPSA) is 120 Å². The number of aliphatic hydroxyl groups is 3. The smallest absolute Gasteiger partial charge is 0.393 e. The van der Waals surface area contributed by atoms with Gasteiger partial charge in [0.05, 0.1) is 18.3 Å². The highest BCUT2D eigenvalue weighted by molar-refractivity contribution is 5.15. The molecule has 4 aliphatic carbocycles. The number of nitrogens with zero attached hydrogens (tertiary/aromatic N) is 1. The van der Waals surface area contributed by atoms with Crippen molar-refractivity contribution in [3.8, 4) is 0 Å². The number of aromatic nitrogens is 2. The molecule has 0 bridgehead atoms. The van der Waals surface area contributed by atoms with E-state index >= 15 is 0 Å². The third kappa shape index (κ3) is 3.64. The van der Waals surface area contributed by atoms with Crippen molar-refractivity contribution in [3.05, 3.63) is 16.4 Å². The van der Waals surface area contributed by atoms with Gasteiger partial charge in [0.25, 0.3) is 0 Å². The maximum Gasteiger partial charge on any atom is 0.459 e. The summed E-state index contributed by atoms with van der Waals surface area (Å²) in [5.74, 6) is 2.03. The van der Waals surface area contributed by atoms with Crippen molar-refractivity contribution in [2.24, 2.45) is 52.3 Å². The van der Waals surface area contributed by atoms with Crippen molar-refractivity contribution < 1.29 is 19.8 Å². The van der Waals surface area contributed by atoms with E-state index in [2.05, 4.69) is 37.8 Å². The Morgan fingerprint density at radius 1 is 1.09 bits per heavy atom. The number of aryl methyl sites for hydroxylation is 1. The van der Waals surface area contributed by atoms with Gasteiger partial charge in [-0.3, -0.25) is 0 Å². The average molecular weight is 477 g/mol. The van der Waals surface area contributed by atoms with Crippen LogP contribution >= 0.6 is 0 Å². The van der Waals surface area contributed by atoms with Gasteiger partial charge in [0.15, 0.2) is 0 Å². The molecule has 0 aromatic carbocycles. The van der Waals surface area contributed by atoms with Gasteiger partial charge < -0.3 is 19.8 Å². The minimum Gasteiger partial charge on any atom is -0.393 e. The lowest BCUT2D eigenvalue weighted by atomic mass is 9.41. The Bertz CT molecular complexity index is 930. The lowest BCUT2D eigenvalue weighted by Crippen LogP contribution is -2.62. The van der Waals surface area contributed by atoms with Crippen molar-refractivity contribution in [1.82, 2.24) is 10.1 Å². The zero-order chi connectivity index (χ0) is 24.4. The zero-order valence-electron chi connectivity index (χ0n) is 21.2. The summed E-state index contributed by atoms with van der Waals surface area (Å²) in [7, 11) is 0. The highest BCUT2D eigenvalue weighted by Gasteiger charge is 2.66. The van der Waals surface area contributed by atoms with Crippen molar-refractivity contribution in [1.29, 1.82) is 0 Å². The molecule has 0 saturated heterocycles. The van der Waals surface area contributed by atoms with Gasteiger partial charge in [0, 0.05) is 6.42 Å². The summed E-state index contributed by atoms with van der Waals surface area (Å²) < 4.78 is 4.72. The fourth-order valence-electron chi connectivity index (χ4n) is 9.95. The fraction of sp³-hybridized carbons (Fsp3) is 0.926. The van der Waals surface area contributed by atoms with Gasteiger partial charge in [-0.2, -0.15) is 4.98 Å². The lowest BCUT2D eigenvalue weighted by Gasteiger charge is -2.64. The van der Waals surface area contributed by atoms with E-state index in [0.717, 1.165) is 51.4 Å². The molecule has 0 spiro atoms. The van der Waals surface area contributed by atoms with Gasteiger partial charge in [-0.15, -0.1) is 0 Å². The number of nitrogens with one attached hydrogen (secondary N) is 1. The van der Waals surface area contributed by atoms with Gasteiger partial charge in [-0.1, -0.05) is 34.1 Å². The second kappa shape index (κ2) is 8.74. The summed E-state index contributed by atoms with van der Waals surface area (Å²) in [4.78, 5) is 15.1. The standard InChI is InChI=1S/C27H44N2O5/c1-5-16-18-12-15(30)8-10-26(18,3)17-9-11-27(4)19(22(17)24(16)32)13-20(31)23(27)14(2)6-7-21-28-25(33)34-29-21/h14-20,22-24,30-32H,5-13H2,1-4H3,(H,28,29,33)/t14-,15-,16-,17+,18+,19+,20+,22-,23+,24-,26-,27+/m1/s1. The van der Waals surface area contributed by atoms with E-state index in [1.807, 2.05) is 0 Å². The van der Waals surface area contributed by atoms with E-state index < -0.39 is 5.76 Å². The van der Waals surface area contributed by atoms with Crippen LogP contribution in [0.1, 0.15) is 84.9 Å². The maximum absolute atomic E-state index is 11.8. The van der Waals surface area contributed by atoms with Gasteiger partial charge in [-0.25, -0.2) is 9.95 Å². The predicted octanol–water partition coefficient (Wildman–Crippen LogP) is 3.53. The molecule has 4 N–H and O–H groups in total. The summed E-state index contributed by atoms with van der Waals surface area (Å²) in [5, 5.41) is 36.3. The number of hydrogen-bond donors (Lipinski definition) is 4. The molecule has 5 rings (SSSR count). The Balaban J connectivity index is 1.41. The Labute approximate surface area is 202 Å². The highest BCUT2D eigenvalue weighted by atomic mass is 16.5. The maximum atomic E-state index is 11.8. The predicted molar refractivity (Wildman–Crippen MR) is 128 cm³/mol. The molecule has 7 nitrogen and oxygen atoms in total. The van der Waals surface area contributed by atoms with Crippen LogP contribution in [0.3, 0.4) is 0 Å². The van der Waals surface area contributed by atoms with Gasteiger partial charge >= 0.3 is 5.76 Å². The first kappa shape index (κ1) is 24.5. The average Bonchev–Trinajstić information content (AvgIpc) is 3.32. The second-order valence-corrected chi connectivity index (χ2v) is 12.8. The minimum atomic E-state index is -0.590. The Morgan fingerprint density at radius 3 is 2.50 bits per heavy atom. The van der Waals surface area contributed by atoms with Crippen LogP contribution in [0.5, 0.6) is 0 Å². The zero-order valence-corrected chi connectivity index (χ0v) is 21.2. The van der Waals surface area contributed by atoms with Crippen LogP contribution < -0.4 is 5.76 Å². The molecule has 34 heavy (non-hydrogen) atoms. The van der Waals surface area contributed by atoms with Crippen molar-refractivity contribution in [2.75, 3.05) is 0 Å². The van der Waals surface area contributed by atoms with E-state index in [4.69, 9.17) is 4.52 Å². The molecule has 192 valence electrons. The van der Waals surface area contributed by atoms with Crippen LogP contribution in [-0.4, -0.2) is 43.8 Å². The van der Waals surface area contributed by atoms with E-state index in [1.165, 1.54) is 0 Å². The molecule has 1 aromatic heterocycles. The summed E-state index contributed by atoms with van der Waals surface area (Å²) in [5.41, 5.74) is 0.159. The molecule has 0 aliphatic heterocycles. The molecule has 1 heterocycles. The van der Waals surface area contributed by atoms with Crippen molar-refractivity contribution in [3.63, 3.8) is 0 Å². The summed E-state index contributed by atoms with van der Waals surface area (Å²) in [6, 6.07) is 0. The van der Waals surface area contributed by atoms with E-state index in [-0.39, 0.29) is 52.8 Å². The third-order valence-electron chi connectivity index (χ3n) is 11.4. The van der Waals surface area contributed by atoms with Crippen molar-refractivity contribution in [2.45, 2.75) is 104 Å². The Morgan fingerprint density at radius 2 is 1.82 bits per heavy atom. The number of H-pyrrole nitrogens is 1. The lowest BCUT2D eigenvalue weighted by molar-refractivity contribution is -0.203. The summed E-state index contributed by atoms with van der Waals surface area (Å²) in [6.07, 6.45) is 7.14. The van der Waals surface area contributed by atoms with Gasteiger partial charge in [0.1, 0.15) is 5.82 Å². The molecule has 4 aliphatic rings. The highest BCUT2D eigenvalue weighted by Crippen LogP contribution is 2.69. The molecule has 4 fully saturated rings. The molecule has 1 aromatic rings. The van der Waals surface area contributed by atoms with Gasteiger partial charge in [-0.05, 0) is 97.2 Å². The van der Waals surface area contributed by atoms with Crippen LogP contribution in [0.2, 0.25) is 0 Å². The molecule has 4 saturated carbocycles. The minimum absolute atomic E-state index is 0.00607. The number of rotatable bonds is 5. The largest absolute Gasteiger partial charge is 0.459 e. The van der Waals surface area contributed by atoms with Crippen LogP contribution in [0.4, 0.5) is 0 Å². The summed E-state index contributed by atoms with van der Waals surface area (Å²) in [6.45, 7) is 9.23. The number of hydrogen-bond acceptors (Lipinski definition) is 6. The molecule has 0 amide bonds. The third-order valence-corrected chi connectivity index (χ3v) is 11.4. The normalized spacial score (nSPS) is 49.2. The van der Waals surface area contributed by atoms with Crippen LogP contribution in [0.25, 0.3) is 0 Å².